The molecule has 27 heavy (non-hydrogen) atoms. The first-order valence-corrected chi connectivity index (χ1v) is 7.91. The number of pyridine rings is 1. The van der Waals surface area contributed by atoms with Crippen molar-refractivity contribution < 1.29 is 35.9 Å². The van der Waals surface area contributed by atoms with Crippen LogP contribution in [0.2, 0.25) is 0 Å². The fourth-order valence-electron chi connectivity index (χ4n) is 3.16. The van der Waals surface area contributed by atoms with Gasteiger partial charge in [-0.3, -0.25) is 14.6 Å². The van der Waals surface area contributed by atoms with Crippen molar-refractivity contribution in [2.45, 2.75) is 25.2 Å². The van der Waals surface area contributed by atoms with Crippen molar-refractivity contribution in [1.29, 1.82) is 0 Å². The minimum Gasteiger partial charge on any atom is -0.369 e. The van der Waals surface area contributed by atoms with Crippen LogP contribution in [0.15, 0.2) is 24.4 Å². The van der Waals surface area contributed by atoms with Crippen LogP contribution in [-0.2, 0) is 0 Å². The van der Waals surface area contributed by atoms with Crippen LogP contribution in [0.25, 0.3) is 10.9 Å². The fourth-order valence-corrected chi connectivity index (χ4v) is 3.16. The first-order chi connectivity index (χ1) is 12.5. The van der Waals surface area contributed by atoms with E-state index in [-0.39, 0.29) is 16.6 Å². The number of hydrogen-bond acceptors (Lipinski definition) is 4. The number of nitrogens with zero attached hydrogens (tertiary/aromatic N) is 2. The van der Waals surface area contributed by atoms with Gasteiger partial charge in [0.2, 0.25) is 0 Å². The predicted octanol–water partition coefficient (Wildman–Crippen LogP) is 4.33. The van der Waals surface area contributed by atoms with Crippen molar-refractivity contribution in [1.82, 2.24) is 4.98 Å². The van der Waals surface area contributed by atoms with E-state index < -0.39 is 35.0 Å². The molecule has 0 atom stereocenters. The van der Waals surface area contributed by atoms with Gasteiger partial charge < -0.3 is 4.90 Å². The topological polar surface area (TPSA) is 50.3 Å². The van der Waals surface area contributed by atoms with E-state index >= 15 is 0 Å². The van der Waals surface area contributed by atoms with Crippen LogP contribution in [0, 0.1) is 0 Å². The first-order valence-electron chi connectivity index (χ1n) is 7.91. The Balaban J connectivity index is 2.38. The largest absolute Gasteiger partial charge is 0.454 e. The summed E-state index contributed by atoms with van der Waals surface area (Å²) in [4.78, 5) is 29.1. The summed E-state index contributed by atoms with van der Waals surface area (Å²) >= 11 is 0. The molecule has 0 aliphatic carbocycles. The zero-order valence-electron chi connectivity index (χ0n) is 13.6. The molecule has 0 unspecified atom stereocenters. The molecule has 1 aromatic carbocycles. The Bertz CT molecular complexity index is 914. The Morgan fingerprint density at radius 2 is 1.48 bits per heavy atom. The second-order valence-electron chi connectivity index (χ2n) is 6.07. The number of carbonyl (C=O) groups is 2. The number of halogens is 6. The van der Waals surface area contributed by atoms with Crippen LogP contribution >= 0.6 is 0 Å². The summed E-state index contributed by atoms with van der Waals surface area (Å²) in [5, 5.41) is -0.250. The Hall–Kier alpha value is -2.65. The Morgan fingerprint density at radius 1 is 0.926 bits per heavy atom. The van der Waals surface area contributed by atoms with Crippen molar-refractivity contribution in [2.75, 3.05) is 18.0 Å². The lowest BCUT2D eigenvalue weighted by Gasteiger charge is -2.24. The fraction of sp³-hybridized carbons (Fsp3) is 0.353. The smallest absolute Gasteiger partial charge is 0.369 e. The third kappa shape index (κ3) is 3.47. The number of rotatable bonds is 3. The maximum atomic E-state index is 13.1. The van der Waals surface area contributed by atoms with Gasteiger partial charge >= 0.3 is 12.4 Å². The number of ketones is 2. The number of alkyl halides is 6. The van der Waals surface area contributed by atoms with Gasteiger partial charge in [0.25, 0.3) is 11.6 Å². The average Bonchev–Trinajstić information content (AvgIpc) is 3.11. The summed E-state index contributed by atoms with van der Waals surface area (Å²) in [5.41, 5.74) is -2.45. The maximum Gasteiger partial charge on any atom is 0.454 e. The molecule has 3 rings (SSSR count). The van der Waals surface area contributed by atoms with Gasteiger partial charge in [0.05, 0.1) is 16.8 Å². The van der Waals surface area contributed by atoms with Gasteiger partial charge in [-0.15, -0.1) is 0 Å². The van der Waals surface area contributed by atoms with E-state index in [1.54, 1.807) is 0 Å². The second kappa shape index (κ2) is 6.50. The van der Waals surface area contributed by atoms with Crippen molar-refractivity contribution in [3.05, 3.63) is 35.5 Å². The highest BCUT2D eigenvalue weighted by molar-refractivity contribution is 6.18. The molecule has 0 amide bonds. The molecule has 1 aliphatic heterocycles. The molecule has 10 heteroatoms. The molecule has 2 heterocycles. The lowest BCUT2D eigenvalue weighted by atomic mass is 9.95. The molecule has 1 aromatic heterocycles. The van der Waals surface area contributed by atoms with E-state index in [2.05, 4.69) is 4.98 Å². The second-order valence-corrected chi connectivity index (χ2v) is 6.07. The van der Waals surface area contributed by atoms with E-state index in [0.29, 0.717) is 32.0 Å². The van der Waals surface area contributed by atoms with Crippen LogP contribution < -0.4 is 4.90 Å². The van der Waals surface area contributed by atoms with Gasteiger partial charge in [0.1, 0.15) is 0 Å². The highest BCUT2D eigenvalue weighted by Gasteiger charge is 2.45. The molecule has 0 N–H and O–H groups in total. The van der Waals surface area contributed by atoms with Crippen LogP contribution in [-0.4, -0.2) is 42.0 Å². The van der Waals surface area contributed by atoms with Crippen molar-refractivity contribution >= 4 is 28.2 Å². The molecule has 0 saturated carbocycles. The number of aromatic nitrogens is 1. The Kier molecular flexibility index (Phi) is 4.61. The molecule has 4 nitrogen and oxygen atoms in total. The number of Topliss-reactive ketones (excluding diaryl/α,β-unsaturated/α-hetero) is 2. The zero-order valence-corrected chi connectivity index (χ0v) is 13.6. The zero-order chi connectivity index (χ0) is 20.0. The summed E-state index contributed by atoms with van der Waals surface area (Å²) in [6, 6.07) is 2.83. The summed E-state index contributed by atoms with van der Waals surface area (Å²) < 4.78 is 78.0. The maximum absolute atomic E-state index is 13.1. The minimum atomic E-state index is -5.31. The standard InChI is InChI=1S/C17H12F6N2O2/c18-16(19,20)14(26)10-8-11(15(27)17(21,22)23)13(25-6-1-2-7-25)12-9(10)4-3-5-24-12/h3-5,8H,1-2,6-7H2. The lowest BCUT2D eigenvalue weighted by Crippen LogP contribution is -2.29. The van der Waals surface area contributed by atoms with Crippen molar-refractivity contribution in [3.8, 4) is 0 Å². The molecular weight excluding hydrogens is 378 g/mol. The quantitative estimate of drug-likeness (QED) is 0.579. The van der Waals surface area contributed by atoms with Crippen molar-refractivity contribution in [3.63, 3.8) is 0 Å². The van der Waals surface area contributed by atoms with Crippen LogP contribution in [0.5, 0.6) is 0 Å². The third-order valence-corrected chi connectivity index (χ3v) is 4.29. The summed E-state index contributed by atoms with van der Waals surface area (Å²) in [5.74, 6) is -4.64. The predicted molar refractivity (Wildman–Crippen MR) is 84.0 cm³/mol. The van der Waals surface area contributed by atoms with E-state index in [1.165, 1.54) is 23.2 Å². The van der Waals surface area contributed by atoms with E-state index in [9.17, 15) is 35.9 Å². The molecule has 1 aliphatic rings. The molecule has 1 fully saturated rings. The van der Waals surface area contributed by atoms with E-state index in [0.717, 1.165) is 0 Å². The van der Waals surface area contributed by atoms with Gasteiger partial charge in [-0.1, -0.05) is 6.07 Å². The van der Waals surface area contributed by atoms with Crippen LogP contribution in [0.1, 0.15) is 33.6 Å². The first kappa shape index (κ1) is 19.1. The van der Waals surface area contributed by atoms with Gasteiger partial charge in [-0.2, -0.15) is 26.3 Å². The summed E-state index contributed by atoms with van der Waals surface area (Å²) in [7, 11) is 0. The van der Waals surface area contributed by atoms with Gasteiger partial charge in [0.15, 0.2) is 0 Å². The number of fused-ring (bicyclic) bond motifs is 1. The van der Waals surface area contributed by atoms with Crippen LogP contribution in [0.3, 0.4) is 0 Å². The SMILES string of the molecule is O=C(c1cc(C(=O)C(F)(F)F)c2cccnc2c1N1CCCC1)C(F)(F)F. The third-order valence-electron chi connectivity index (χ3n) is 4.29. The minimum absolute atomic E-state index is 0.191. The number of benzene rings is 1. The normalized spacial score (nSPS) is 15.4. The molecule has 144 valence electrons. The molecule has 2 aromatic rings. The monoisotopic (exact) mass is 390 g/mol. The highest BCUT2D eigenvalue weighted by atomic mass is 19.4. The van der Waals surface area contributed by atoms with Crippen molar-refractivity contribution in [2.24, 2.45) is 0 Å². The number of hydrogen-bond donors (Lipinski definition) is 0. The van der Waals surface area contributed by atoms with Gasteiger partial charge in [-0.05, 0) is 25.0 Å². The molecule has 1 saturated heterocycles. The van der Waals surface area contributed by atoms with Gasteiger partial charge in [-0.25, -0.2) is 0 Å². The Labute approximate surface area is 148 Å². The summed E-state index contributed by atoms with van der Waals surface area (Å²) in [6.45, 7) is 0.659. The van der Waals surface area contributed by atoms with E-state index in [1.807, 2.05) is 0 Å². The molecule has 0 bridgehead atoms. The van der Waals surface area contributed by atoms with Crippen LogP contribution in [0.4, 0.5) is 32.0 Å². The summed E-state index contributed by atoms with van der Waals surface area (Å²) in [6.07, 6.45) is -8.13. The molecule has 0 radical (unpaired) electrons. The average molecular weight is 390 g/mol. The lowest BCUT2D eigenvalue weighted by molar-refractivity contribution is -0.0886. The number of anilines is 1. The van der Waals surface area contributed by atoms with Gasteiger partial charge in [0, 0.05) is 30.2 Å². The highest BCUT2D eigenvalue weighted by Crippen LogP contribution is 2.38. The van der Waals surface area contributed by atoms with E-state index in [4.69, 9.17) is 0 Å². The molecular formula is C17H12F6N2O2. The molecule has 0 spiro atoms. The Morgan fingerprint density at radius 3 is 2.04 bits per heavy atom. The number of carbonyl (C=O) groups excluding carboxylic acids is 2.